The van der Waals surface area contributed by atoms with Crippen LogP contribution < -0.4 is 4.72 Å². The lowest BCUT2D eigenvalue weighted by molar-refractivity contribution is 0.0482. The highest BCUT2D eigenvalue weighted by Gasteiger charge is 2.21. The highest BCUT2D eigenvalue weighted by atomic mass is 32.2. The van der Waals surface area contributed by atoms with E-state index in [-0.39, 0.29) is 19.4 Å². The molecule has 1 N–H and O–H groups in total. The molecule has 6 heteroatoms. The van der Waals surface area contributed by atoms with Crippen molar-refractivity contribution in [3.05, 3.63) is 29.8 Å². The van der Waals surface area contributed by atoms with Gasteiger partial charge in [0.05, 0.1) is 17.6 Å². The molecule has 0 spiro atoms. The van der Waals surface area contributed by atoms with Crippen LogP contribution in [-0.4, -0.2) is 34.5 Å². The van der Waals surface area contributed by atoms with Gasteiger partial charge in [-0.05, 0) is 18.1 Å². The Morgan fingerprint density at radius 1 is 1.39 bits per heavy atom. The second-order valence-corrected chi connectivity index (χ2v) is 5.83. The average Bonchev–Trinajstić information content (AvgIpc) is 2.89. The van der Waals surface area contributed by atoms with Crippen LogP contribution in [0, 0.1) is 0 Å². The zero-order valence-electron chi connectivity index (χ0n) is 10.3. The second kappa shape index (κ2) is 5.79. The summed E-state index contributed by atoms with van der Waals surface area (Å²) in [6.07, 6.45) is 0.480. The van der Waals surface area contributed by atoms with Gasteiger partial charge in [0, 0.05) is 6.54 Å². The summed E-state index contributed by atoms with van der Waals surface area (Å²) < 4.78 is 37.1. The monoisotopic (exact) mass is 271 g/mol. The molecule has 18 heavy (non-hydrogen) atoms. The molecule has 5 nitrogen and oxygen atoms in total. The third-order valence-electron chi connectivity index (χ3n) is 2.83. The van der Waals surface area contributed by atoms with E-state index in [1.54, 1.807) is 12.1 Å². The van der Waals surface area contributed by atoms with Crippen LogP contribution in [0.4, 0.5) is 0 Å². The Morgan fingerprint density at radius 2 is 2.17 bits per heavy atom. The fourth-order valence-electron chi connectivity index (χ4n) is 1.83. The minimum atomic E-state index is -3.48. The second-order valence-electron chi connectivity index (χ2n) is 4.09. The highest BCUT2D eigenvalue weighted by molar-refractivity contribution is 7.89. The summed E-state index contributed by atoms with van der Waals surface area (Å²) in [7, 11) is -3.48. The van der Waals surface area contributed by atoms with Crippen LogP contribution in [0.15, 0.2) is 29.2 Å². The van der Waals surface area contributed by atoms with Crippen molar-refractivity contribution < 1.29 is 17.9 Å². The molecule has 1 fully saturated rings. The van der Waals surface area contributed by atoms with E-state index in [1.165, 1.54) is 0 Å². The fraction of sp³-hybridized carbons (Fsp3) is 0.500. The number of ether oxygens (including phenoxy) is 2. The lowest BCUT2D eigenvalue weighted by atomic mass is 10.2. The zero-order valence-corrected chi connectivity index (χ0v) is 11.1. The van der Waals surface area contributed by atoms with E-state index in [0.29, 0.717) is 17.9 Å². The Labute approximate surface area is 107 Å². The number of rotatable bonds is 5. The highest BCUT2D eigenvalue weighted by Crippen LogP contribution is 2.16. The largest absolute Gasteiger partial charge is 0.353 e. The van der Waals surface area contributed by atoms with E-state index < -0.39 is 10.0 Å². The van der Waals surface area contributed by atoms with Crippen LogP contribution in [0.5, 0.6) is 0 Å². The predicted octanol–water partition coefficient (Wildman–Crippen LogP) is 0.900. The smallest absolute Gasteiger partial charge is 0.240 e. The van der Waals surface area contributed by atoms with Crippen molar-refractivity contribution in [2.45, 2.75) is 24.3 Å². The molecule has 0 aromatic heterocycles. The molecule has 1 atom stereocenters. The van der Waals surface area contributed by atoms with Crippen LogP contribution in [0.3, 0.4) is 0 Å². The summed E-state index contributed by atoms with van der Waals surface area (Å²) in [5.41, 5.74) is 0.814. The number of sulfonamides is 1. The van der Waals surface area contributed by atoms with Crippen molar-refractivity contribution in [1.29, 1.82) is 0 Å². The Balaban J connectivity index is 2.09. The molecule has 100 valence electrons. The van der Waals surface area contributed by atoms with E-state index in [1.807, 2.05) is 19.1 Å². The molecule has 1 heterocycles. The molecule has 1 aliphatic heterocycles. The minimum Gasteiger partial charge on any atom is -0.353 e. The van der Waals surface area contributed by atoms with Gasteiger partial charge in [-0.3, -0.25) is 0 Å². The molecule has 1 aromatic carbocycles. The Hall–Kier alpha value is -0.950. The summed E-state index contributed by atoms with van der Waals surface area (Å²) in [5, 5.41) is 0. The lowest BCUT2D eigenvalue weighted by Gasteiger charge is -2.12. The van der Waals surface area contributed by atoms with Gasteiger partial charge in [0.1, 0.15) is 6.79 Å². The molecular weight excluding hydrogens is 254 g/mol. The predicted molar refractivity (Wildman–Crippen MR) is 66.7 cm³/mol. The fourth-order valence-corrected chi connectivity index (χ4v) is 3.20. The summed E-state index contributed by atoms with van der Waals surface area (Å²) in [4.78, 5) is 0.339. The molecule has 0 bridgehead atoms. The SMILES string of the molecule is CCc1ccccc1S(=O)(=O)NCC1COCO1. The molecule has 1 aliphatic rings. The Kier molecular flexibility index (Phi) is 4.34. The van der Waals surface area contributed by atoms with Crippen LogP contribution in [0.1, 0.15) is 12.5 Å². The molecule has 1 saturated heterocycles. The van der Waals surface area contributed by atoms with Crippen LogP contribution >= 0.6 is 0 Å². The molecule has 0 aliphatic carbocycles. The average molecular weight is 271 g/mol. The quantitative estimate of drug-likeness (QED) is 0.864. The summed E-state index contributed by atoms with van der Waals surface area (Å²) in [6.45, 7) is 2.83. The van der Waals surface area contributed by atoms with Crippen molar-refractivity contribution in [1.82, 2.24) is 4.72 Å². The van der Waals surface area contributed by atoms with Crippen LogP contribution in [0.25, 0.3) is 0 Å². The number of hydrogen-bond acceptors (Lipinski definition) is 4. The number of nitrogens with one attached hydrogen (secondary N) is 1. The molecule has 1 aromatic rings. The van der Waals surface area contributed by atoms with E-state index in [9.17, 15) is 8.42 Å². The van der Waals surface area contributed by atoms with Crippen LogP contribution in [0.2, 0.25) is 0 Å². The molecule has 0 saturated carbocycles. The Bertz CT molecular complexity index is 495. The maximum atomic E-state index is 12.2. The van der Waals surface area contributed by atoms with Gasteiger partial charge in [-0.15, -0.1) is 0 Å². The van der Waals surface area contributed by atoms with E-state index in [2.05, 4.69) is 4.72 Å². The number of benzene rings is 1. The first kappa shape index (κ1) is 13.5. The molecule has 2 rings (SSSR count). The van der Waals surface area contributed by atoms with Crippen molar-refractivity contribution in [3.63, 3.8) is 0 Å². The van der Waals surface area contributed by atoms with Crippen molar-refractivity contribution in [2.24, 2.45) is 0 Å². The molecule has 0 amide bonds. The van der Waals surface area contributed by atoms with Gasteiger partial charge in [0.2, 0.25) is 10.0 Å². The van der Waals surface area contributed by atoms with Crippen molar-refractivity contribution in [3.8, 4) is 0 Å². The summed E-state index contributed by atoms with van der Waals surface area (Å²) in [5.74, 6) is 0. The normalized spacial score (nSPS) is 20.2. The zero-order chi connectivity index (χ0) is 13.0. The van der Waals surface area contributed by atoms with Gasteiger partial charge in [0.25, 0.3) is 0 Å². The Morgan fingerprint density at radius 3 is 2.83 bits per heavy atom. The van der Waals surface area contributed by atoms with Gasteiger partial charge in [0.15, 0.2) is 0 Å². The summed E-state index contributed by atoms with van der Waals surface area (Å²) in [6, 6.07) is 7.01. The van der Waals surface area contributed by atoms with Crippen molar-refractivity contribution in [2.75, 3.05) is 19.9 Å². The number of hydrogen-bond donors (Lipinski definition) is 1. The summed E-state index contributed by atoms with van der Waals surface area (Å²) >= 11 is 0. The van der Waals surface area contributed by atoms with Gasteiger partial charge in [-0.1, -0.05) is 25.1 Å². The van der Waals surface area contributed by atoms with E-state index >= 15 is 0 Å². The van der Waals surface area contributed by atoms with Gasteiger partial charge >= 0.3 is 0 Å². The van der Waals surface area contributed by atoms with Gasteiger partial charge in [-0.2, -0.15) is 0 Å². The maximum absolute atomic E-state index is 12.2. The standard InChI is InChI=1S/C12H17NO4S/c1-2-10-5-3-4-6-12(10)18(14,15)13-7-11-8-16-9-17-11/h3-6,11,13H,2,7-9H2,1H3. The number of aryl methyl sites for hydroxylation is 1. The minimum absolute atomic E-state index is 0.200. The van der Waals surface area contributed by atoms with Gasteiger partial charge in [-0.25, -0.2) is 13.1 Å². The maximum Gasteiger partial charge on any atom is 0.240 e. The lowest BCUT2D eigenvalue weighted by Crippen LogP contribution is -2.33. The van der Waals surface area contributed by atoms with Crippen LogP contribution in [-0.2, 0) is 25.9 Å². The van der Waals surface area contributed by atoms with Crippen molar-refractivity contribution >= 4 is 10.0 Å². The molecule has 1 unspecified atom stereocenters. The molecular formula is C12H17NO4S. The third kappa shape index (κ3) is 3.08. The first-order valence-electron chi connectivity index (χ1n) is 5.90. The molecule has 0 radical (unpaired) electrons. The van der Waals surface area contributed by atoms with Gasteiger partial charge < -0.3 is 9.47 Å². The van der Waals surface area contributed by atoms with E-state index in [0.717, 1.165) is 5.56 Å². The van der Waals surface area contributed by atoms with E-state index in [4.69, 9.17) is 9.47 Å². The first-order chi connectivity index (χ1) is 8.63. The topological polar surface area (TPSA) is 64.6 Å². The first-order valence-corrected chi connectivity index (χ1v) is 7.38. The third-order valence-corrected chi connectivity index (χ3v) is 4.36.